The van der Waals surface area contributed by atoms with Gasteiger partial charge in [-0.2, -0.15) is 0 Å². The second kappa shape index (κ2) is 8.05. The van der Waals surface area contributed by atoms with Crippen molar-refractivity contribution in [2.24, 2.45) is 0 Å². The fraction of sp³-hybridized carbons (Fsp3) is 0.400. The first kappa shape index (κ1) is 19.3. The molecule has 0 aromatic heterocycles. The summed E-state index contributed by atoms with van der Waals surface area (Å²) >= 11 is 12.6. The van der Waals surface area contributed by atoms with Crippen molar-refractivity contribution < 1.29 is 9.84 Å². The number of rotatable bonds is 5. The second-order valence-electron chi connectivity index (χ2n) is 7.18. The molecule has 0 spiro atoms. The molecule has 26 heavy (non-hydrogen) atoms. The maximum atomic E-state index is 9.80. The van der Waals surface area contributed by atoms with E-state index < -0.39 is 5.60 Å². The first-order chi connectivity index (χ1) is 12.3. The van der Waals surface area contributed by atoms with Crippen molar-refractivity contribution in [2.75, 3.05) is 31.1 Å². The van der Waals surface area contributed by atoms with E-state index in [9.17, 15) is 5.11 Å². The highest BCUT2D eigenvalue weighted by molar-refractivity contribution is 6.33. The molecular formula is C20H24Cl2N2O2. The van der Waals surface area contributed by atoms with E-state index in [1.54, 1.807) is 13.8 Å². The van der Waals surface area contributed by atoms with Crippen LogP contribution >= 0.6 is 23.2 Å². The Labute approximate surface area is 164 Å². The van der Waals surface area contributed by atoms with E-state index in [1.165, 1.54) is 5.56 Å². The van der Waals surface area contributed by atoms with Crippen molar-refractivity contribution >= 4 is 28.9 Å². The number of hydrogen-bond donors (Lipinski definition) is 2. The summed E-state index contributed by atoms with van der Waals surface area (Å²) in [6, 6.07) is 13.8. The largest absolute Gasteiger partial charge is 0.491 e. The minimum Gasteiger partial charge on any atom is -0.491 e. The van der Waals surface area contributed by atoms with Crippen molar-refractivity contribution in [1.29, 1.82) is 0 Å². The molecule has 0 radical (unpaired) electrons. The zero-order chi connectivity index (χ0) is 18.7. The maximum absolute atomic E-state index is 9.80. The van der Waals surface area contributed by atoms with E-state index in [4.69, 9.17) is 27.9 Å². The van der Waals surface area contributed by atoms with Crippen molar-refractivity contribution in [3.8, 4) is 5.75 Å². The van der Waals surface area contributed by atoms with E-state index >= 15 is 0 Å². The molecule has 1 aliphatic heterocycles. The monoisotopic (exact) mass is 394 g/mol. The molecule has 140 valence electrons. The molecule has 2 aromatic carbocycles. The van der Waals surface area contributed by atoms with Crippen LogP contribution < -0.4 is 15.0 Å². The van der Waals surface area contributed by atoms with Crippen LogP contribution in [0.5, 0.6) is 5.75 Å². The molecule has 0 bridgehead atoms. The van der Waals surface area contributed by atoms with Crippen LogP contribution in [-0.4, -0.2) is 36.9 Å². The van der Waals surface area contributed by atoms with Gasteiger partial charge in [0.25, 0.3) is 0 Å². The van der Waals surface area contributed by atoms with E-state index in [0.29, 0.717) is 10.8 Å². The summed E-state index contributed by atoms with van der Waals surface area (Å²) in [4.78, 5) is 2.31. The summed E-state index contributed by atoms with van der Waals surface area (Å²) in [6.45, 7) is 6.23. The third kappa shape index (κ3) is 4.83. The Morgan fingerprint density at radius 3 is 2.58 bits per heavy atom. The number of aliphatic hydroxyl groups is 1. The summed E-state index contributed by atoms with van der Waals surface area (Å²) < 4.78 is 5.64. The van der Waals surface area contributed by atoms with Gasteiger partial charge < -0.3 is 20.1 Å². The Morgan fingerprint density at radius 1 is 1.19 bits per heavy atom. The molecule has 0 saturated carbocycles. The van der Waals surface area contributed by atoms with Gasteiger partial charge in [-0.1, -0.05) is 35.3 Å². The van der Waals surface area contributed by atoms with Crippen molar-refractivity contribution in [2.45, 2.75) is 25.5 Å². The first-order valence-electron chi connectivity index (χ1n) is 8.71. The van der Waals surface area contributed by atoms with Crippen LogP contribution in [0.3, 0.4) is 0 Å². The van der Waals surface area contributed by atoms with Gasteiger partial charge in [0.2, 0.25) is 0 Å². The highest BCUT2D eigenvalue weighted by Crippen LogP contribution is 2.36. The Morgan fingerprint density at radius 2 is 1.92 bits per heavy atom. The summed E-state index contributed by atoms with van der Waals surface area (Å²) in [6.07, 6.45) is 0. The Balaban J connectivity index is 1.82. The van der Waals surface area contributed by atoms with Gasteiger partial charge in [-0.3, -0.25) is 0 Å². The fourth-order valence-corrected chi connectivity index (χ4v) is 3.45. The molecule has 1 aliphatic rings. The zero-order valence-electron chi connectivity index (χ0n) is 15.0. The smallest absolute Gasteiger partial charge is 0.121 e. The molecule has 1 heterocycles. The third-order valence-corrected chi connectivity index (χ3v) is 4.87. The number of ether oxygens (including phenoxy) is 1. The number of anilines is 1. The third-order valence-electron chi connectivity index (χ3n) is 4.32. The van der Waals surface area contributed by atoms with Gasteiger partial charge >= 0.3 is 0 Å². The molecule has 1 saturated heterocycles. The molecule has 1 fully saturated rings. The van der Waals surface area contributed by atoms with E-state index in [2.05, 4.69) is 22.3 Å². The lowest BCUT2D eigenvalue weighted by molar-refractivity contribution is 0.0285. The van der Waals surface area contributed by atoms with Crippen LogP contribution in [0.1, 0.15) is 25.5 Å². The van der Waals surface area contributed by atoms with Crippen molar-refractivity contribution in [3.05, 3.63) is 58.1 Å². The minimum absolute atomic E-state index is 0.182. The van der Waals surface area contributed by atoms with Crippen LogP contribution in [0.25, 0.3) is 0 Å². The van der Waals surface area contributed by atoms with Gasteiger partial charge in [0.1, 0.15) is 12.4 Å². The van der Waals surface area contributed by atoms with Gasteiger partial charge in [-0.05, 0) is 43.7 Å². The predicted molar refractivity (Wildman–Crippen MR) is 108 cm³/mol. The standard InChI is InChI=1S/C20H24Cl2N2O2/c1-20(2,25)13-26-16-7-8-18(17(22)11-16)24-10-9-23-12-19(24)14-3-5-15(21)6-4-14/h3-8,11,19,23,25H,9-10,12-13H2,1-2H3/t19-/m0/s1. The molecule has 2 N–H and O–H groups in total. The lowest BCUT2D eigenvalue weighted by Crippen LogP contribution is -2.46. The SMILES string of the molecule is CC(C)(O)COc1ccc(N2CCNC[C@H]2c2ccc(Cl)cc2)c(Cl)c1. The molecule has 4 nitrogen and oxygen atoms in total. The van der Waals surface area contributed by atoms with Crippen molar-refractivity contribution in [1.82, 2.24) is 5.32 Å². The molecule has 0 amide bonds. The quantitative estimate of drug-likeness (QED) is 0.793. The zero-order valence-corrected chi connectivity index (χ0v) is 16.5. The second-order valence-corrected chi connectivity index (χ2v) is 8.02. The minimum atomic E-state index is -0.886. The molecular weight excluding hydrogens is 371 g/mol. The normalized spacial score (nSPS) is 18.0. The van der Waals surface area contributed by atoms with Crippen LogP contribution in [0.4, 0.5) is 5.69 Å². The fourth-order valence-electron chi connectivity index (χ4n) is 3.05. The molecule has 2 aromatic rings. The Kier molecular flexibility index (Phi) is 5.98. The van der Waals surface area contributed by atoms with Gasteiger partial charge in [0, 0.05) is 30.7 Å². The van der Waals surface area contributed by atoms with E-state index in [-0.39, 0.29) is 12.6 Å². The van der Waals surface area contributed by atoms with Crippen LogP contribution in [0, 0.1) is 0 Å². The Hall–Kier alpha value is -1.46. The number of nitrogens with zero attached hydrogens (tertiary/aromatic N) is 1. The highest BCUT2D eigenvalue weighted by atomic mass is 35.5. The number of benzene rings is 2. The number of nitrogens with one attached hydrogen (secondary N) is 1. The average Bonchev–Trinajstić information content (AvgIpc) is 2.60. The van der Waals surface area contributed by atoms with Gasteiger partial charge in [0.05, 0.1) is 22.4 Å². The molecule has 3 rings (SSSR count). The Bertz CT molecular complexity index is 744. The number of hydrogen-bond acceptors (Lipinski definition) is 4. The van der Waals surface area contributed by atoms with Crippen LogP contribution in [-0.2, 0) is 0 Å². The summed E-state index contributed by atoms with van der Waals surface area (Å²) in [5, 5.41) is 14.6. The van der Waals surface area contributed by atoms with Gasteiger partial charge in [-0.15, -0.1) is 0 Å². The average molecular weight is 395 g/mol. The van der Waals surface area contributed by atoms with E-state index in [1.807, 2.05) is 30.3 Å². The van der Waals surface area contributed by atoms with Crippen LogP contribution in [0.2, 0.25) is 10.0 Å². The number of piperazine rings is 1. The maximum Gasteiger partial charge on any atom is 0.121 e. The molecule has 6 heteroatoms. The lowest BCUT2D eigenvalue weighted by atomic mass is 10.0. The van der Waals surface area contributed by atoms with Gasteiger partial charge in [-0.25, -0.2) is 0 Å². The summed E-state index contributed by atoms with van der Waals surface area (Å²) in [5.41, 5.74) is 1.28. The van der Waals surface area contributed by atoms with Crippen LogP contribution in [0.15, 0.2) is 42.5 Å². The number of halogens is 2. The lowest BCUT2D eigenvalue weighted by Gasteiger charge is -2.39. The molecule has 0 aliphatic carbocycles. The highest BCUT2D eigenvalue weighted by Gasteiger charge is 2.26. The van der Waals surface area contributed by atoms with Gasteiger partial charge in [0.15, 0.2) is 0 Å². The topological polar surface area (TPSA) is 44.7 Å². The first-order valence-corrected chi connectivity index (χ1v) is 9.47. The predicted octanol–water partition coefficient (Wildman–Crippen LogP) is 4.29. The van der Waals surface area contributed by atoms with Crippen molar-refractivity contribution in [3.63, 3.8) is 0 Å². The van der Waals surface area contributed by atoms with E-state index in [0.717, 1.165) is 30.3 Å². The molecule has 1 atom stereocenters. The summed E-state index contributed by atoms with van der Waals surface area (Å²) in [7, 11) is 0. The molecule has 0 unspecified atom stereocenters. The summed E-state index contributed by atoms with van der Waals surface area (Å²) in [5.74, 6) is 0.652.